The Morgan fingerprint density at radius 1 is 1.02 bits per heavy atom. The topological polar surface area (TPSA) is 56.0 Å². The molecule has 6 nitrogen and oxygen atoms in total. The van der Waals surface area contributed by atoms with Gasteiger partial charge < -0.3 is 9.47 Å². The van der Waals surface area contributed by atoms with Gasteiger partial charge in [0.2, 0.25) is 0 Å². The fraction of sp³-hybridized carbons (Fsp3) is 0.233. The molecule has 1 aliphatic heterocycles. The number of hydrogen-bond acceptors (Lipinski definition) is 3. The first kappa shape index (κ1) is 26.1. The molecule has 0 unspecified atom stereocenters. The molecule has 0 aliphatic carbocycles. The van der Waals surface area contributed by atoms with Gasteiger partial charge in [0.15, 0.2) is 5.69 Å². The fourth-order valence-corrected chi connectivity index (χ4v) is 5.79. The van der Waals surface area contributed by atoms with Gasteiger partial charge in [-0.15, -0.1) is 0 Å². The van der Waals surface area contributed by atoms with Crippen molar-refractivity contribution in [3.8, 4) is 11.1 Å². The van der Waals surface area contributed by atoms with Crippen LogP contribution in [-0.4, -0.2) is 36.7 Å². The summed E-state index contributed by atoms with van der Waals surface area (Å²) in [5.41, 5.74) is 2.01. The van der Waals surface area contributed by atoms with Crippen LogP contribution in [0.2, 0.25) is 5.02 Å². The van der Waals surface area contributed by atoms with E-state index in [1.807, 2.05) is 47.9 Å². The Bertz CT molecular complexity index is 1770. The Balaban J connectivity index is 1.46. The Hall–Kier alpha value is -4.11. The van der Waals surface area contributed by atoms with E-state index in [4.69, 9.17) is 11.6 Å². The lowest BCUT2D eigenvalue weighted by atomic mass is 9.88. The Morgan fingerprint density at radius 3 is 2.55 bits per heavy atom. The third-order valence-corrected chi connectivity index (χ3v) is 7.61. The third-order valence-electron chi connectivity index (χ3n) is 7.40. The zero-order valence-electron chi connectivity index (χ0n) is 21.8. The van der Waals surface area contributed by atoms with Gasteiger partial charge in [0.05, 0.1) is 0 Å². The van der Waals surface area contributed by atoms with Crippen LogP contribution >= 0.6 is 11.6 Å². The van der Waals surface area contributed by atoms with Gasteiger partial charge in [-0.1, -0.05) is 35.9 Å². The molecule has 0 bridgehead atoms. The predicted octanol–water partition coefficient (Wildman–Crippen LogP) is 6.66. The van der Waals surface area contributed by atoms with Crippen molar-refractivity contribution in [1.29, 1.82) is 0 Å². The van der Waals surface area contributed by atoms with Crippen molar-refractivity contribution >= 4 is 28.3 Å². The number of amides is 1. The summed E-state index contributed by atoms with van der Waals surface area (Å²) < 4.78 is 45.1. The van der Waals surface area contributed by atoms with Gasteiger partial charge in [0, 0.05) is 61.4 Å². The normalized spacial score (nSPS) is 13.8. The van der Waals surface area contributed by atoms with E-state index in [1.54, 1.807) is 29.4 Å². The first-order valence-corrected chi connectivity index (χ1v) is 13.2. The Labute approximate surface area is 233 Å². The summed E-state index contributed by atoms with van der Waals surface area (Å²) in [6.07, 6.45) is 0.613. The van der Waals surface area contributed by atoms with Gasteiger partial charge in [-0.3, -0.25) is 9.48 Å². The van der Waals surface area contributed by atoms with Gasteiger partial charge in [-0.2, -0.15) is 18.3 Å². The summed E-state index contributed by atoms with van der Waals surface area (Å²) in [5.74, 6) is 0.533. The maximum absolute atomic E-state index is 14.0. The lowest BCUT2D eigenvalue weighted by Gasteiger charge is -2.31. The highest BCUT2D eigenvalue weighted by Gasteiger charge is 2.39. The lowest BCUT2D eigenvalue weighted by Crippen LogP contribution is -2.37. The molecular formula is C30H25ClF3N5O. The average molecular weight is 564 g/mol. The van der Waals surface area contributed by atoms with Crippen LogP contribution in [-0.2, 0) is 32.7 Å². The van der Waals surface area contributed by atoms with Crippen LogP contribution < -0.4 is 0 Å². The van der Waals surface area contributed by atoms with E-state index in [9.17, 15) is 18.0 Å². The minimum absolute atomic E-state index is 0.0301. The molecule has 40 heavy (non-hydrogen) atoms. The third kappa shape index (κ3) is 4.75. The molecule has 3 heterocycles. The molecule has 0 radical (unpaired) electrons. The van der Waals surface area contributed by atoms with Crippen molar-refractivity contribution in [3.63, 3.8) is 0 Å². The summed E-state index contributed by atoms with van der Waals surface area (Å²) >= 11 is 6.39. The Morgan fingerprint density at radius 2 is 1.80 bits per heavy atom. The van der Waals surface area contributed by atoms with E-state index in [1.165, 1.54) is 17.9 Å². The summed E-state index contributed by atoms with van der Waals surface area (Å²) in [7, 11) is 1.46. The molecule has 0 spiro atoms. The van der Waals surface area contributed by atoms with Gasteiger partial charge >= 0.3 is 6.18 Å². The molecule has 1 amide bonds. The fourth-order valence-electron chi connectivity index (χ4n) is 5.54. The molecule has 0 saturated heterocycles. The summed E-state index contributed by atoms with van der Waals surface area (Å²) in [4.78, 5) is 20.0. The lowest BCUT2D eigenvalue weighted by molar-refractivity contribution is -0.140. The number of imidazole rings is 1. The van der Waals surface area contributed by atoms with Crippen LogP contribution in [0, 0.1) is 6.92 Å². The van der Waals surface area contributed by atoms with Gasteiger partial charge in [0.25, 0.3) is 5.91 Å². The van der Waals surface area contributed by atoms with Gasteiger partial charge in [0.1, 0.15) is 5.82 Å². The van der Waals surface area contributed by atoms with Crippen LogP contribution in [0.25, 0.3) is 21.9 Å². The molecule has 6 rings (SSSR count). The van der Waals surface area contributed by atoms with E-state index in [2.05, 4.69) is 10.1 Å². The van der Waals surface area contributed by atoms with Crippen LogP contribution in [0.15, 0.2) is 67.1 Å². The van der Waals surface area contributed by atoms with Crippen molar-refractivity contribution in [2.45, 2.75) is 32.6 Å². The van der Waals surface area contributed by atoms with E-state index >= 15 is 0 Å². The molecule has 2 aromatic heterocycles. The van der Waals surface area contributed by atoms with Crippen molar-refractivity contribution < 1.29 is 18.0 Å². The standard InChI is InChI=1S/C30H25ClF3N5O/c1-18-35-8-10-38(18)15-19-11-25(27-17-37(2)36-28(27)30(32,33)34)24-7-9-39(29(40)26(24)12-19)16-21-14-22(31)13-20-5-3-4-6-23(20)21/h3-6,8,10-14,17H,7,9,15-16H2,1-2H3. The molecule has 0 saturated carbocycles. The number of benzene rings is 3. The highest BCUT2D eigenvalue weighted by Crippen LogP contribution is 2.40. The molecular weight excluding hydrogens is 539 g/mol. The van der Waals surface area contributed by atoms with Gasteiger partial charge in [-0.25, -0.2) is 4.98 Å². The van der Waals surface area contributed by atoms with E-state index < -0.39 is 11.9 Å². The quantitative estimate of drug-likeness (QED) is 0.240. The summed E-state index contributed by atoms with van der Waals surface area (Å²) in [6.45, 7) is 2.91. The summed E-state index contributed by atoms with van der Waals surface area (Å²) in [6, 6.07) is 15.1. The maximum Gasteiger partial charge on any atom is 0.435 e. The van der Waals surface area contributed by atoms with Crippen molar-refractivity contribution in [2.75, 3.05) is 6.54 Å². The van der Waals surface area contributed by atoms with E-state index in [0.717, 1.165) is 22.2 Å². The number of nitrogens with zero attached hydrogens (tertiary/aromatic N) is 5. The first-order chi connectivity index (χ1) is 19.1. The van der Waals surface area contributed by atoms with E-state index in [-0.39, 0.29) is 11.5 Å². The largest absolute Gasteiger partial charge is 0.435 e. The average Bonchev–Trinajstić information content (AvgIpc) is 3.50. The predicted molar refractivity (Wildman–Crippen MR) is 147 cm³/mol. The highest BCUT2D eigenvalue weighted by molar-refractivity contribution is 6.31. The molecule has 0 atom stereocenters. The molecule has 3 aromatic carbocycles. The second-order valence-electron chi connectivity index (χ2n) is 10.1. The van der Waals surface area contributed by atoms with Crippen LogP contribution in [0.1, 0.15) is 38.6 Å². The number of carbonyl (C=O) groups excluding carboxylic acids is 1. The first-order valence-electron chi connectivity index (χ1n) is 12.8. The number of aryl methyl sites for hydroxylation is 2. The molecule has 0 fully saturated rings. The number of aromatic nitrogens is 4. The van der Waals surface area contributed by atoms with Crippen molar-refractivity contribution in [3.05, 3.63) is 106 Å². The van der Waals surface area contributed by atoms with Crippen LogP contribution in [0.5, 0.6) is 0 Å². The molecule has 1 aliphatic rings. The van der Waals surface area contributed by atoms with Crippen molar-refractivity contribution in [2.24, 2.45) is 7.05 Å². The monoisotopic (exact) mass is 563 g/mol. The molecule has 204 valence electrons. The second kappa shape index (κ2) is 9.82. The number of rotatable bonds is 5. The minimum Gasteiger partial charge on any atom is -0.334 e. The van der Waals surface area contributed by atoms with Crippen molar-refractivity contribution in [1.82, 2.24) is 24.2 Å². The smallest absolute Gasteiger partial charge is 0.334 e. The maximum atomic E-state index is 14.0. The molecule has 0 N–H and O–H groups in total. The number of halogens is 4. The zero-order chi connectivity index (χ0) is 28.2. The number of carbonyl (C=O) groups is 1. The summed E-state index contributed by atoms with van der Waals surface area (Å²) in [5, 5.41) is 6.28. The molecule has 10 heteroatoms. The SMILES string of the molecule is Cc1nccn1Cc1cc2c(c(-c3cn(C)nc3C(F)(F)F)c1)CCN(Cc1cc(Cl)cc3ccccc13)C2=O. The molecule has 5 aromatic rings. The van der Waals surface area contributed by atoms with Crippen LogP contribution in [0.4, 0.5) is 13.2 Å². The minimum atomic E-state index is -4.64. The Kier molecular flexibility index (Phi) is 6.41. The number of alkyl halides is 3. The van der Waals surface area contributed by atoms with E-state index in [0.29, 0.717) is 53.3 Å². The second-order valence-corrected chi connectivity index (χ2v) is 10.5. The highest BCUT2D eigenvalue weighted by atomic mass is 35.5. The number of fused-ring (bicyclic) bond motifs is 2. The number of hydrogen-bond donors (Lipinski definition) is 0. The zero-order valence-corrected chi connectivity index (χ0v) is 22.6. The van der Waals surface area contributed by atoms with Gasteiger partial charge in [-0.05, 0) is 70.6 Å². The van der Waals surface area contributed by atoms with Crippen LogP contribution in [0.3, 0.4) is 0 Å².